The van der Waals surface area contributed by atoms with Crippen LogP contribution >= 0.6 is 34.7 Å². The molecule has 1 fully saturated rings. The van der Waals surface area contributed by atoms with Crippen molar-refractivity contribution in [1.29, 1.82) is 0 Å². The van der Waals surface area contributed by atoms with E-state index >= 15 is 0 Å². The van der Waals surface area contributed by atoms with Gasteiger partial charge < -0.3 is 10.1 Å². The molecule has 0 aliphatic carbocycles. The summed E-state index contributed by atoms with van der Waals surface area (Å²) in [5.41, 5.74) is 3.03. The summed E-state index contributed by atoms with van der Waals surface area (Å²) in [4.78, 5) is 67.7. The van der Waals surface area contributed by atoms with Gasteiger partial charge in [-0.15, -0.1) is 0 Å². The lowest BCUT2D eigenvalue weighted by Crippen LogP contribution is -2.33. The number of amides is 3. The third-order valence-corrected chi connectivity index (χ3v) is 10.4. The highest BCUT2D eigenvalue weighted by Crippen LogP contribution is 2.54. The molecule has 2 aliphatic rings. The van der Waals surface area contributed by atoms with Crippen LogP contribution in [0.15, 0.2) is 82.6 Å². The summed E-state index contributed by atoms with van der Waals surface area (Å²) in [6.07, 6.45) is 0. The van der Waals surface area contributed by atoms with Gasteiger partial charge in [0.15, 0.2) is 0 Å². The summed E-state index contributed by atoms with van der Waals surface area (Å²) in [5, 5.41) is 2.97. The first-order valence-electron chi connectivity index (χ1n) is 13.8. The van der Waals surface area contributed by atoms with E-state index in [1.165, 1.54) is 9.47 Å². The van der Waals surface area contributed by atoms with Gasteiger partial charge in [-0.1, -0.05) is 64.5 Å². The molecule has 1 N–H and O–H groups in total. The number of carbonyl (C=O) groups is 4. The number of thioether (sulfide) groups is 1. The molecular formula is C32H26ClN3O6S2. The number of halogens is 1. The highest BCUT2D eigenvalue weighted by atomic mass is 35.5. The molecular weight excluding hydrogens is 622 g/mol. The normalized spacial score (nSPS) is 19.0. The van der Waals surface area contributed by atoms with Gasteiger partial charge in [-0.25, -0.2) is 9.69 Å². The molecule has 0 radical (unpaired) electrons. The van der Waals surface area contributed by atoms with E-state index in [-0.39, 0.29) is 29.8 Å². The largest absolute Gasteiger partial charge is 0.462 e. The predicted octanol–water partition coefficient (Wildman–Crippen LogP) is 5.48. The zero-order valence-electron chi connectivity index (χ0n) is 23.6. The number of hydrogen-bond acceptors (Lipinski definition) is 8. The first kappa shape index (κ1) is 29.9. The summed E-state index contributed by atoms with van der Waals surface area (Å²) in [5.74, 6) is -2.96. The van der Waals surface area contributed by atoms with Gasteiger partial charge >= 0.3 is 10.8 Å². The Labute approximate surface area is 265 Å². The van der Waals surface area contributed by atoms with Crippen molar-refractivity contribution in [3.8, 4) is 0 Å². The molecule has 3 aromatic carbocycles. The average Bonchev–Trinajstić information content (AvgIpc) is 3.45. The molecule has 9 nitrogen and oxygen atoms in total. The van der Waals surface area contributed by atoms with Crippen molar-refractivity contribution in [2.24, 2.45) is 5.92 Å². The van der Waals surface area contributed by atoms with Crippen molar-refractivity contribution in [2.45, 2.75) is 36.6 Å². The number of thiazole rings is 1. The highest BCUT2D eigenvalue weighted by molar-refractivity contribution is 8.00. The van der Waals surface area contributed by atoms with Crippen LogP contribution in [0.2, 0.25) is 5.02 Å². The lowest BCUT2D eigenvalue weighted by Gasteiger charge is -2.30. The Hall–Kier alpha value is -4.19. The number of hydrogen-bond donors (Lipinski definition) is 1. The quantitative estimate of drug-likeness (QED) is 0.209. The first-order chi connectivity index (χ1) is 21.2. The van der Waals surface area contributed by atoms with Gasteiger partial charge in [0.25, 0.3) is 0 Å². The van der Waals surface area contributed by atoms with Crippen LogP contribution in [0.4, 0.5) is 11.4 Å². The monoisotopic (exact) mass is 647 g/mol. The molecule has 3 atom stereocenters. The third kappa shape index (κ3) is 5.47. The number of benzene rings is 3. The van der Waals surface area contributed by atoms with Crippen LogP contribution in [0.3, 0.4) is 0 Å². The van der Waals surface area contributed by atoms with E-state index in [0.717, 1.165) is 34.2 Å². The fourth-order valence-corrected chi connectivity index (χ4v) is 8.38. The Bertz CT molecular complexity index is 1830. The second kappa shape index (κ2) is 12.1. The van der Waals surface area contributed by atoms with Gasteiger partial charge in [0.05, 0.1) is 28.8 Å². The third-order valence-electron chi connectivity index (χ3n) is 7.55. The molecule has 2 aliphatic heterocycles. The van der Waals surface area contributed by atoms with E-state index in [9.17, 15) is 24.0 Å². The molecule has 12 heteroatoms. The van der Waals surface area contributed by atoms with Crippen molar-refractivity contribution >= 4 is 69.8 Å². The van der Waals surface area contributed by atoms with Gasteiger partial charge in [-0.2, -0.15) is 0 Å². The molecule has 2 unspecified atom stereocenters. The van der Waals surface area contributed by atoms with Crippen molar-refractivity contribution in [3.05, 3.63) is 109 Å². The molecule has 0 saturated carbocycles. The van der Waals surface area contributed by atoms with Crippen LogP contribution in [0.1, 0.15) is 39.2 Å². The summed E-state index contributed by atoms with van der Waals surface area (Å²) >= 11 is 8.29. The van der Waals surface area contributed by atoms with Crippen molar-refractivity contribution in [3.63, 3.8) is 0 Å². The van der Waals surface area contributed by atoms with Crippen molar-refractivity contribution in [2.75, 3.05) is 16.8 Å². The van der Waals surface area contributed by atoms with Gasteiger partial charge in [-0.3, -0.25) is 23.7 Å². The second-order valence-electron chi connectivity index (χ2n) is 10.4. The average molecular weight is 648 g/mol. The lowest BCUT2D eigenvalue weighted by atomic mass is 9.83. The second-order valence-corrected chi connectivity index (χ2v) is 13.0. The first-order valence-corrected chi connectivity index (χ1v) is 15.9. The Morgan fingerprint density at radius 1 is 0.932 bits per heavy atom. The number of nitrogens with zero attached hydrogens (tertiary/aromatic N) is 2. The number of rotatable bonds is 7. The number of anilines is 2. The SMILES string of the molecule is CCOC(=O)c1ccc(NC(=O)Cn2c3c(sc2=O)[C@H](c2ccc(Cl)cc2)C2C(=O)N(c4ccc(C)cc4)C(=O)C2S3)cc1. The molecule has 44 heavy (non-hydrogen) atoms. The minimum atomic E-state index is -0.796. The molecule has 3 heterocycles. The molecule has 224 valence electrons. The number of aromatic nitrogens is 1. The molecule has 0 bridgehead atoms. The van der Waals surface area contributed by atoms with E-state index in [4.69, 9.17) is 16.3 Å². The van der Waals surface area contributed by atoms with Crippen LogP contribution in [0.5, 0.6) is 0 Å². The molecule has 1 saturated heterocycles. The minimum Gasteiger partial charge on any atom is -0.462 e. The fourth-order valence-electron chi connectivity index (χ4n) is 5.48. The van der Waals surface area contributed by atoms with Gasteiger partial charge in [0.2, 0.25) is 17.7 Å². The Balaban J connectivity index is 1.33. The van der Waals surface area contributed by atoms with Crippen molar-refractivity contribution in [1.82, 2.24) is 4.57 Å². The van der Waals surface area contributed by atoms with Crippen LogP contribution in [-0.2, 0) is 25.7 Å². The summed E-state index contributed by atoms with van der Waals surface area (Å²) in [6, 6.07) is 20.5. The number of fused-ring (bicyclic) bond motifs is 2. The van der Waals surface area contributed by atoms with E-state index in [2.05, 4.69) is 5.32 Å². The van der Waals surface area contributed by atoms with Crippen LogP contribution in [0.25, 0.3) is 0 Å². The molecule has 0 spiro atoms. The predicted molar refractivity (Wildman–Crippen MR) is 170 cm³/mol. The fraction of sp³-hybridized carbons (Fsp3) is 0.219. The zero-order chi connectivity index (χ0) is 31.1. The topological polar surface area (TPSA) is 115 Å². The van der Waals surface area contributed by atoms with Crippen LogP contribution in [-0.4, -0.2) is 40.1 Å². The van der Waals surface area contributed by atoms with Crippen LogP contribution < -0.4 is 15.1 Å². The molecule has 6 rings (SSSR count). The number of ether oxygens (including phenoxy) is 1. The van der Waals surface area contributed by atoms with Gasteiger partial charge in [0, 0.05) is 21.5 Å². The smallest absolute Gasteiger partial charge is 0.338 e. The van der Waals surface area contributed by atoms with E-state index < -0.39 is 29.0 Å². The summed E-state index contributed by atoms with van der Waals surface area (Å²) in [7, 11) is 0. The molecule has 3 amide bonds. The number of imide groups is 1. The highest BCUT2D eigenvalue weighted by Gasteiger charge is 2.56. The summed E-state index contributed by atoms with van der Waals surface area (Å²) < 4.78 is 6.35. The Morgan fingerprint density at radius 2 is 1.61 bits per heavy atom. The van der Waals surface area contributed by atoms with Gasteiger partial charge in [-0.05, 0) is 67.9 Å². The van der Waals surface area contributed by atoms with Crippen molar-refractivity contribution < 1.29 is 23.9 Å². The number of carbonyl (C=O) groups excluding carboxylic acids is 4. The molecule has 4 aromatic rings. The van der Waals surface area contributed by atoms with E-state index in [1.54, 1.807) is 67.6 Å². The number of aryl methyl sites for hydroxylation is 1. The maximum Gasteiger partial charge on any atom is 0.338 e. The minimum absolute atomic E-state index is 0.249. The Morgan fingerprint density at radius 3 is 2.27 bits per heavy atom. The number of esters is 1. The van der Waals surface area contributed by atoms with E-state index in [1.807, 2.05) is 19.1 Å². The van der Waals surface area contributed by atoms with Gasteiger partial charge in [0.1, 0.15) is 11.8 Å². The standard InChI is InChI=1S/C32H26ClN3O6S2/c1-3-42-31(40)19-8-12-21(13-9-19)34-23(37)16-35-30-27(44-32(35)41)24(18-6-10-20(33)11-7-18)25-26(43-30)29(39)36(28(25)38)22-14-4-17(2)5-15-22/h4-15,24-26H,3,16H2,1-2H3,(H,34,37)/t24-,25?,26?/m1/s1. The zero-order valence-corrected chi connectivity index (χ0v) is 26.0. The lowest BCUT2D eigenvalue weighted by molar-refractivity contribution is -0.122. The maximum absolute atomic E-state index is 14.0. The maximum atomic E-state index is 14.0. The Kier molecular flexibility index (Phi) is 8.19. The molecule has 1 aromatic heterocycles. The van der Waals surface area contributed by atoms with Crippen LogP contribution in [0, 0.1) is 12.8 Å². The summed E-state index contributed by atoms with van der Waals surface area (Å²) in [6.45, 7) is 3.59. The van der Waals surface area contributed by atoms with E-state index in [0.29, 0.717) is 31.9 Å². The number of nitrogens with one attached hydrogen (secondary N) is 1.